The number of nitrogen functional groups attached to an aromatic ring is 1. The Morgan fingerprint density at radius 3 is 2.71 bits per heavy atom. The molecule has 0 saturated carbocycles. The highest BCUT2D eigenvalue weighted by Crippen LogP contribution is 2.39. The van der Waals surface area contributed by atoms with Crippen LogP contribution in [0, 0.1) is 6.92 Å². The second-order valence-corrected chi connectivity index (χ2v) is 4.46. The number of thioether (sulfide) groups is 1. The van der Waals surface area contributed by atoms with Crippen molar-refractivity contribution < 1.29 is 9.26 Å². The van der Waals surface area contributed by atoms with Gasteiger partial charge in [0.2, 0.25) is 5.88 Å². The SMILES string of the molecule is COc1c(C)ccc(SC)c1-c1cc(N)on1. The zero-order valence-corrected chi connectivity index (χ0v) is 10.8. The summed E-state index contributed by atoms with van der Waals surface area (Å²) in [5, 5.41) is 3.95. The lowest BCUT2D eigenvalue weighted by atomic mass is 10.1. The van der Waals surface area contributed by atoms with Gasteiger partial charge < -0.3 is 15.0 Å². The van der Waals surface area contributed by atoms with Crippen LogP contribution in [0.15, 0.2) is 27.6 Å². The minimum Gasteiger partial charge on any atom is -0.496 e. The van der Waals surface area contributed by atoms with Crippen molar-refractivity contribution in [3.8, 4) is 17.0 Å². The van der Waals surface area contributed by atoms with Crippen LogP contribution < -0.4 is 10.5 Å². The lowest BCUT2D eigenvalue weighted by Crippen LogP contribution is -1.93. The Bertz CT molecular complexity index is 537. The molecule has 0 bridgehead atoms. The molecular weight excluding hydrogens is 236 g/mol. The number of nitrogens with zero attached hydrogens (tertiary/aromatic N) is 1. The number of aromatic nitrogens is 1. The van der Waals surface area contributed by atoms with Crippen LogP contribution in [0.5, 0.6) is 5.75 Å². The topological polar surface area (TPSA) is 61.3 Å². The van der Waals surface area contributed by atoms with Crippen molar-refractivity contribution in [1.29, 1.82) is 0 Å². The van der Waals surface area contributed by atoms with Crippen LogP contribution in [0.25, 0.3) is 11.3 Å². The third-order valence-electron chi connectivity index (χ3n) is 2.52. The van der Waals surface area contributed by atoms with Gasteiger partial charge in [-0.1, -0.05) is 11.2 Å². The average molecular weight is 250 g/mol. The molecule has 0 radical (unpaired) electrons. The first kappa shape index (κ1) is 11.9. The van der Waals surface area contributed by atoms with Gasteiger partial charge >= 0.3 is 0 Å². The van der Waals surface area contributed by atoms with E-state index in [1.54, 1.807) is 24.9 Å². The molecule has 4 nitrogen and oxygen atoms in total. The van der Waals surface area contributed by atoms with Crippen LogP contribution in [-0.4, -0.2) is 18.5 Å². The van der Waals surface area contributed by atoms with Gasteiger partial charge in [-0.2, -0.15) is 0 Å². The Morgan fingerprint density at radius 1 is 1.41 bits per heavy atom. The van der Waals surface area contributed by atoms with Crippen molar-refractivity contribution in [2.45, 2.75) is 11.8 Å². The molecule has 0 aliphatic heterocycles. The summed E-state index contributed by atoms with van der Waals surface area (Å²) in [6.45, 7) is 2.00. The lowest BCUT2D eigenvalue weighted by Gasteiger charge is -2.12. The Labute approximate surface area is 104 Å². The quantitative estimate of drug-likeness (QED) is 0.848. The zero-order chi connectivity index (χ0) is 12.4. The normalized spacial score (nSPS) is 10.5. The Hall–Kier alpha value is -1.62. The molecule has 2 N–H and O–H groups in total. The van der Waals surface area contributed by atoms with Crippen molar-refractivity contribution in [1.82, 2.24) is 5.16 Å². The summed E-state index contributed by atoms with van der Waals surface area (Å²) in [7, 11) is 1.65. The number of benzene rings is 1. The number of rotatable bonds is 3. The zero-order valence-electron chi connectivity index (χ0n) is 9.98. The first-order chi connectivity index (χ1) is 8.17. The van der Waals surface area contributed by atoms with E-state index in [0.29, 0.717) is 11.6 Å². The number of aryl methyl sites for hydroxylation is 1. The van der Waals surface area contributed by atoms with Gasteiger partial charge in [0.15, 0.2) is 0 Å². The summed E-state index contributed by atoms with van der Waals surface area (Å²) in [6.07, 6.45) is 2.01. The van der Waals surface area contributed by atoms with Crippen LogP contribution in [0.4, 0.5) is 5.88 Å². The maximum Gasteiger partial charge on any atom is 0.222 e. The van der Waals surface area contributed by atoms with Crippen LogP contribution in [0.3, 0.4) is 0 Å². The van der Waals surface area contributed by atoms with Gasteiger partial charge in [0.1, 0.15) is 11.4 Å². The van der Waals surface area contributed by atoms with E-state index in [4.69, 9.17) is 15.0 Å². The fourth-order valence-electron chi connectivity index (χ4n) is 1.75. The van der Waals surface area contributed by atoms with Crippen LogP contribution in [0.1, 0.15) is 5.56 Å². The first-order valence-electron chi connectivity index (χ1n) is 5.11. The summed E-state index contributed by atoms with van der Waals surface area (Å²) in [5.41, 5.74) is 8.25. The van der Waals surface area contributed by atoms with Crippen LogP contribution in [-0.2, 0) is 0 Å². The monoisotopic (exact) mass is 250 g/mol. The molecule has 0 spiro atoms. The Kier molecular flexibility index (Phi) is 3.28. The molecule has 2 aromatic rings. The number of ether oxygens (including phenoxy) is 1. The first-order valence-corrected chi connectivity index (χ1v) is 6.34. The van der Waals surface area contributed by atoms with Gasteiger partial charge in [-0.25, -0.2) is 0 Å². The van der Waals surface area contributed by atoms with Gasteiger partial charge in [-0.05, 0) is 24.8 Å². The smallest absolute Gasteiger partial charge is 0.222 e. The lowest BCUT2D eigenvalue weighted by molar-refractivity contribution is 0.410. The minimum absolute atomic E-state index is 0.301. The minimum atomic E-state index is 0.301. The molecule has 0 unspecified atom stereocenters. The Morgan fingerprint density at radius 2 is 2.18 bits per heavy atom. The highest BCUT2D eigenvalue weighted by Gasteiger charge is 2.17. The second-order valence-electron chi connectivity index (χ2n) is 3.61. The van der Waals surface area contributed by atoms with E-state index in [-0.39, 0.29) is 0 Å². The number of hydrogen-bond acceptors (Lipinski definition) is 5. The number of nitrogens with two attached hydrogens (primary N) is 1. The Balaban J connectivity index is 2.68. The molecule has 2 rings (SSSR count). The molecule has 0 amide bonds. The van der Waals surface area contributed by atoms with Crippen LogP contribution >= 0.6 is 11.8 Å². The average Bonchev–Trinajstić information content (AvgIpc) is 2.75. The summed E-state index contributed by atoms with van der Waals surface area (Å²) < 4.78 is 10.4. The standard InChI is InChI=1S/C12H14N2O2S/c1-7-4-5-9(17-3)11(12(7)15-2)8-6-10(13)16-14-8/h4-6H,13H2,1-3H3. The molecule has 17 heavy (non-hydrogen) atoms. The summed E-state index contributed by atoms with van der Waals surface area (Å²) in [5.74, 6) is 1.11. The number of methoxy groups -OCH3 is 1. The molecule has 1 aromatic heterocycles. The number of hydrogen-bond donors (Lipinski definition) is 1. The molecule has 0 saturated heterocycles. The largest absolute Gasteiger partial charge is 0.496 e. The highest BCUT2D eigenvalue weighted by molar-refractivity contribution is 7.98. The third-order valence-corrected chi connectivity index (χ3v) is 3.30. The van der Waals surface area contributed by atoms with E-state index < -0.39 is 0 Å². The van der Waals surface area contributed by atoms with Crippen molar-refractivity contribution in [2.75, 3.05) is 19.1 Å². The van der Waals surface area contributed by atoms with Gasteiger partial charge in [-0.15, -0.1) is 11.8 Å². The maximum absolute atomic E-state index is 5.56. The molecule has 0 aliphatic carbocycles. The molecule has 0 atom stereocenters. The summed E-state index contributed by atoms with van der Waals surface area (Å²) in [4.78, 5) is 1.08. The fraction of sp³-hybridized carbons (Fsp3) is 0.250. The van der Waals surface area contributed by atoms with Crippen molar-refractivity contribution in [3.63, 3.8) is 0 Å². The van der Waals surface area contributed by atoms with E-state index in [0.717, 1.165) is 21.8 Å². The fourth-order valence-corrected chi connectivity index (χ4v) is 2.36. The molecular formula is C12H14N2O2S. The molecule has 1 aromatic carbocycles. The molecule has 0 aliphatic rings. The van der Waals surface area contributed by atoms with Crippen molar-refractivity contribution >= 4 is 17.6 Å². The van der Waals surface area contributed by atoms with Crippen molar-refractivity contribution in [2.24, 2.45) is 0 Å². The van der Waals surface area contributed by atoms with E-state index in [1.807, 2.05) is 25.3 Å². The predicted molar refractivity (Wildman–Crippen MR) is 69.4 cm³/mol. The molecule has 5 heteroatoms. The maximum atomic E-state index is 5.56. The van der Waals surface area contributed by atoms with Gasteiger partial charge in [-0.3, -0.25) is 0 Å². The molecule has 90 valence electrons. The van der Waals surface area contributed by atoms with Gasteiger partial charge in [0, 0.05) is 11.0 Å². The summed E-state index contributed by atoms with van der Waals surface area (Å²) in [6, 6.07) is 5.78. The highest BCUT2D eigenvalue weighted by atomic mass is 32.2. The molecule has 1 heterocycles. The van der Waals surface area contributed by atoms with E-state index in [1.165, 1.54) is 0 Å². The van der Waals surface area contributed by atoms with Crippen molar-refractivity contribution in [3.05, 3.63) is 23.8 Å². The van der Waals surface area contributed by atoms with Gasteiger partial charge in [0.05, 0.1) is 12.7 Å². The van der Waals surface area contributed by atoms with E-state index in [2.05, 4.69) is 5.16 Å². The summed E-state index contributed by atoms with van der Waals surface area (Å²) >= 11 is 1.64. The van der Waals surface area contributed by atoms with E-state index >= 15 is 0 Å². The third kappa shape index (κ3) is 2.10. The van der Waals surface area contributed by atoms with Crippen LogP contribution in [0.2, 0.25) is 0 Å². The predicted octanol–water partition coefficient (Wildman–Crippen LogP) is 2.96. The second kappa shape index (κ2) is 4.71. The molecule has 0 fully saturated rings. The van der Waals surface area contributed by atoms with E-state index in [9.17, 15) is 0 Å². The van der Waals surface area contributed by atoms with Gasteiger partial charge in [0.25, 0.3) is 0 Å². The number of anilines is 1.